The molecule has 4 rings (SSSR count). The molecule has 2 atom stereocenters. The van der Waals surface area contributed by atoms with Crippen LogP contribution in [0.15, 0.2) is 95.1 Å². The van der Waals surface area contributed by atoms with Gasteiger partial charge in [-0.2, -0.15) is 0 Å². The topological polar surface area (TPSA) is 68.1 Å². The number of fused-ring (bicyclic) bond motifs is 1. The molecule has 0 saturated carbocycles. The van der Waals surface area contributed by atoms with Gasteiger partial charge in [-0.05, 0) is 37.1 Å². The second-order valence-electron chi connectivity index (χ2n) is 9.19. The van der Waals surface area contributed by atoms with E-state index >= 15 is 0 Å². The minimum atomic E-state index is -3.90. The van der Waals surface area contributed by atoms with Gasteiger partial charge in [0.05, 0.1) is 11.8 Å². The highest BCUT2D eigenvalue weighted by atomic mass is 28.4. The zero-order chi connectivity index (χ0) is 26.4. The molecule has 9 heteroatoms. The van der Waals surface area contributed by atoms with E-state index in [0.717, 1.165) is 11.1 Å². The van der Waals surface area contributed by atoms with Gasteiger partial charge in [0, 0.05) is 28.2 Å². The lowest BCUT2D eigenvalue weighted by Crippen LogP contribution is -2.55. The second-order valence-corrected chi connectivity index (χ2v) is 11.0. The molecule has 1 heterocycles. The average Bonchev–Trinajstić information content (AvgIpc) is 3.25. The van der Waals surface area contributed by atoms with Crippen LogP contribution < -0.4 is 8.85 Å². The highest BCUT2D eigenvalue weighted by molar-refractivity contribution is 6.60. The fourth-order valence-electron chi connectivity index (χ4n) is 3.82. The smallest absolute Gasteiger partial charge is 0.448 e. The van der Waals surface area contributed by atoms with Gasteiger partial charge in [0.15, 0.2) is 11.5 Å². The first kappa shape index (κ1) is 26.1. The molecule has 0 fully saturated rings. The predicted octanol–water partition coefficient (Wildman–Crippen LogP) is 5.28. The molecule has 0 amide bonds. The quantitative estimate of drug-likeness (QED) is 0.175. The van der Waals surface area contributed by atoms with Crippen LogP contribution in [0.4, 0.5) is 0 Å². The van der Waals surface area contributed by atoms with E-state index in [0.29, 0.717) is 23.3 Å². The summed E-state index contributed by atoms with van der Waals surface area (Å²) >= 11 is 0. The summed E-state index contributed by atoms with van der Waals surface area (Å²) in [5.74, 6) is 1.59. The number of benzene rings is 3. The third-order valence-electron chi connectivity index (χ3n) is 5.72. The highest BCUT2D eigenvalue weighted by Crippen LogP contribution is 2.39. The Morgan fingerprint density at radius 1 is 0.622 bits per heavy atom. The van der Waals surface area contributed by atoms with Crippen molar-refractivity contribution in [1.82, 2.24) is 10.0 Å². The standard InChI is InChI=1S/C28H34N4O4Si/c1-21(23-15-9-7-10-16-23)27(29-31(3)4)35-37(33-25-19-13-14-20-26(25)34-37)36-28(30-32(5)6)22(2)24-17-11-8-12-18-24/h7-22H,1-6H3/b29-27-,30-28+/t21-,22+/m1/s1. The minimum absolute atomic E-state index is 0.187. The van der Waals surface area contributed by atoms with E-state index in [-0.39, 0.29) is 11.8 Å². The monoisotopic (exact) mass is 518 g/mol. The van der Waals surface area contributed by atoms with Gasteiger partial charge in [-0.25, -0.2) is 0 Å². The lowest BCUT2D eigenvalue weighted by atomic mass is 10.0. The van der Waals surface area contributed by atoms with Gasteiger partial charge >= 0.3 is 9.05 Å². The molecule has 0 aliphatic carbocycles. The molecule has 0 spiro atoms. The van der Waals surface area contributed by atoms with Crippen molar-refractivity contribution in [1.29, 1.82) is 0 Å². The van der Waals surface area contributed by atoms with E-state index in [1.165, 1.54) is 0 Å². The molecule has 1 aliphatic heterocycles. The summed E-state index contributed by atoms with van der Waals surface area (Å²) in [6.45, 7) is 4.06. The van der Waals surface area contributed by atoms with Crippen LogP contribution in [-0.2, 0) is 8.85 Å². The highest BCUT2D eigenvalue weighted by Gasteiger charge is 2.64. The van der Waals surface area contributed by atoms with Crippen LogP contribution in [0.5, 0.6) is 11.5 Å². The second kappa shape index (κ2) is 11.4. The largest absolute Gasteiger partial charge is 0.968 e. The van der Waals surface area contributed by atoms with Crippen LogP contribution in [0.25, 0.3) is 0 Å². The Labute approximate surface area is 220 Å². The Bertz CT molecular complexity index is 1140. The lowest BCUT2D eigenvalue weighted by molar-refractivity contribution is 0.166. The SMILES string of the molecule is C[C@H](/C(=N\N(C)C)O[Si]1(O/C(=N\N(C)C)[C@H](C)c2ccccc2)Oc2ccccc2O1)c1ccccc1. The third-order valence-corrected chi connectivity index (χ3v) is 7.57. The molecule has 194 valence electrons. The maximum absolute atomic E-state index is 6.59. The van der Waals surface area contributed by atoms with Crippen molar-refractivity contribution in [2.24, 2.45) is 10.2 Å². The van der Waals surface area contributed by atoms with E-state index in [4.69, 9.17) is 17.7 Å². The molecule has 3 aromatic carbocycles. The molecule has 0 radical (unpaired) electrons. The number of hydrogen-bond donors (Lipinski definition) is 0. The average molecular weight is 519 g/mol. The van der Waals surface area contributed by atoms with Gasteiger partial charge in [0.25, 0.3) is 0 Å². The Morgan fingerprint density at radius 2 is 0.973 bits per heavy atom. The first-order chi connectivity index (χ1) is 17.8. The van der Waals surface area contributed by atoms with Crippen LogP contribution in [0.1, 0.15) is 36.8 Å². The third kappa shape index (κ3) is 6.42. The molecule has 0 aromatic heterocycles. The van der Waals surface area contributed by atoms with Crippen molar-refractivity contribution >= 4 is 20.8 Å². The van der Waals surface area contributed by atoms with E-state index in [2.05, 4.69) is 10.2 Å². The normalized spacial score (nSPS) is 16.1. The number of hydrogen-bond acceptors (Lipinski definition) is 8. The lowest BCUT2D eigenvalue weighted by Gasteiger charge is -2.28. The minimum Gasteiger partial charge on any atom is -0.448 e. The van der Waals surface area contributed by atoms with E-state index < -0.39 is 9.05 Å². The molecule has 8 nitrogen and oxygen atoms in total. The van der Waals surface area contributed by atoms with Crippen molar-refractivity contribution < 1.29 is 17.7 Å². The van der Waals surface area contributed by atoms with E-state index in [9.17, 15) is 0 Å². The molecule has 0 saturated heterocycles. The Balaban J connectivity index is 1.74. The van der Waals surface area contributed by atoms with Crippen LogP contribution >= 0.6 is 0 Å². The Morgan fingerprint density at radius 3 is 1.32 bits per heavy atom. The van der Waals surface area contributed by atoms with Gasteiger partial charge in [-0.3, -0.25) is 10.0 Å². The summed E-state index contributed by atoms with van der Waals surface area (Å²) in [5.41, 5.74) is 2.09. The first-order valence-corrected chi connectivity index (χ1v) is 13.9. The summed E-state index contributed by atoms with van der Waals surface area (Å²) in [6, 6.07) is 27.5. The maximum atomic E-state index is 6.59. The molecular weight excluding hydrogens is 484 g/mol. The van der Waals surface area contributed by atoms with Gasteiger partial charge in [-0.1, -0.05) is 72.8 Å². The summed E-state index contributed by atoms with van der Waals surface area (Å²) in [4.78, 5) is 0. The van der Waals surface area contributed by atoms with Gasteiger partial charge in [0.1, 0.15) is 0 Å². The summed E-state index contributed by atoms with van der Waals surface area (Å²) in [6.07, 6.45) is 0. The fourth-order valence-corrected chi connectivity index (χ4v) is 5.90. The molecule has 0 unspecified atom stereocenters. The Kier molecular flexibility index (Phi) is 8.03. The van der Waals surface area contributed by atoms with Crippen molar-refractivity contribution in [2.45, 2.75) is 25.7 Å². The van der Waals surface area contributed by atoms with Gasteiger partial charge in [-0.15, -0.1) is 10.2 Å². The van der Waals surface area contributed by atoms with Crippen LogP contribution in [0.3, 0.4) is 0 Å². The number of hydrazone groups is 2. The van der Waals surface area contributed by atoms with Crippen LogP contribution in [0.2, 0.25) is 0 Å². The summed E-state index contributed by atoms with van der Waals surface area (Å²) in [7, 11) is 3.48. The molecule has 3 aromatic rings. The first-order valence-electron chi connectivity index (χ1n) is 12.2. The zero-order valence-electron chi connectivity index (χ0n) is 22.2. The summed E-state index contributed by atoms with van der Waals surface area (Å²) < 4.78 is 25.9. The predicted molar refractivity (Wildman–Crippen MR) is 148 cm³/mol. The van der Waals surface area contributed by atoms with E-state index in [1.54, 1.807) is 10.0 Å². The van der Waals surface area contributed by atoms with Crippen molar-refractivity contribution in [3.05, 3.63) is 96.1 Å². The van der Waals surface area contributed by atoms with E-state index in [1.807, 2.05) is 127 Å². The van der Waals surface area contributed by atoms with Crippen molar-refractivity contribution in [2.75, 3.05) is 28.2 Å². The van der Waals surface area contributed by atoms with Crippen LogP contribution in [-0.4, -0.2) is 59.1 Å². The maximum Gasteiger partial charge on any atom is 0.968 e. The number of para-hydroxylation sites is 2. The zero-order valence-corrected chi connectivity index (χ0v) is 23.2. The van der Waals surface area contributed by atoms with Crippen LogP contribution in [0, 0.1) is 0 Å². The van der Waals surface area contributed by atoms with Crippen molar-refractivity contribution in [3.63, 3.8) is 0 Å². The van der Waals surface area contributed by atoms with Gasteiger partial charge < -0.3 is 17.7 Å². The Hall–Kier alpha value is -3.98. The molecule has 0 N–H and O–H groups in total. The number of rotatable bonds is 8. The molecule has 1 aliphatic rings. The van der Waals surface area contributed by atoms with Gasteiger partial charge in [0.2, 0.25) is 11.8 Å². The molecular formula is C28H34N4O4Si. The fraction of sp³-hybridized carbons (Fsp3) is 0.286. The number of nitrogens with zero attached hydrogens (tertiary/aromatic N) is 4. The molecule has 37 heavy (non-hydrogen) atoms. The van der Waals surface area contributed by atoms with Crippen molar-refractivity contribution in [3.8, 4) is 11.5 Å². The summed E-state index contributed by atoms with van der Waals surface area (Å²) in [5, 5.41) is 12.7. The molecule has 0 bridgehead atoms.